The minimum atomic E-state index is -0.0166. The Hall–Kier alpha value is -1.34. The van der Waals surface area contributed by atoms with Gasteiger partial charge in [0.05, 0.1) is 11.1 Å². The molecule has 0 saturated carbocycles. The van der Waals surface area contributed by atoms with Crippen LogP contribution in [0.3, 0.4) is 0 Å². The highest BCUT2D eigenvalue weighted by molar-refractivity contribution is 8.13. The minimum Gasteiger partial charge on any atom is -0.379 e. The fourth-order valence-corrected chi connectivity index (χ4v) is 5.00. The number of aliphatic imine (C=N–C) groups is 1. The van der Waals surface area contributed by atoms with Gasteiger partial charge in [0.25, 0.3) is 5.56 Å². The van der Waals surface area contributed by atoms with Crippen molar-refractivity contribution in [3.8, 4) is 0 Å². The summed E-state index contributed by atoms with van der Waals surface area (Å²) in [6, 6.07) is 0.169. The summed E-state index contributed by atoms with van der Waals surface area (Å²) >= 11 is 3.08. The number of amidine groups is 1. The van der Waals surface area contributed by atoms with Gasteiger partial charge in [0, 0.05) is 10.9 Å². The topological polar surface area (TPSA) is 84.1 Å². The minimum absolute atomic E-state index is 0.0166. The fraction of sp³-hybridized carbons (Fsp3) is 0.562. The highest BCUT2D eigenvalue weighted by Gasteiger charge is 2.22. The van der Waals surface area contributed by atoms with Gasteiger partial charge in [0.2, 0.25) is 0 Å². The molecule has 1 atom stereocenters. The van der Waals surface area contributed by atoms with E-state index in [1.54, 1.807) is 11.3 Å². The summed E-state index contributed by atoms with van der Waals surface area (Å²) in [5.74, 6) is 1.89. The first-order chi connectivity index (χ1) is 10.9. The second kappa shape index (κ2) is 6.65. The standard InChI is InChI=1S/C16H22N4OS2/c1-8(2)18-16(17)22-7-12-19-14(21)13-10-5-4-9(3)6-11(10)23-15(13)20-12/h8-9H,4-7H2,1-3H3,(H2,17,18)(H,19,20,21)/t9-/m0/s1. The van der Waals surface area contributed by atoms with E-state index in [2.05, 4.69) is 21.9 Å². The Morgan fingerprint density at radius 1 is 1.57 bits per heavy atom. The number of rotatable bonds is 3. The molecule has 0 aliphatic heterocycles. The van der Waals surface area contributed by atoms with Gasteiger partial charge in [-0.25, -0.2) is 4.98 Å². The Kier molecular flexibility index (Phi) is 4.77. The SMILES string of the molecule is CC(C)N=C(N)SCc1nc2sc3c(c2c(=O)[nH]1)CC[C@H](C)C3. The van der Waals surface area contributed by atoms with E-state index < -0.39 is 0 Å². The van der Waals surface area contributed by atoms with Crippen LogP contribution >= 0.6 is 23.1 Å². The zero-order valence-corrected chi connectivity index (χ0v) is 15.3. The predicted molar refractivity (Wildman–Crippen MR) is 99.5 cm³/mol. The summed E-state index contributed by atoms with van der Waals surface area (Å²) in [6.45, 7) is 6.23. The Morgan fingerprint density at radius 2 is 2.35 bits per heavy atom. The van der Waals surface area contributed by atoms with Crippen molar-refractivity contribution in [1.82, 2.24) is 9.97 Å². The van der Waals surface area contributed by atoms with Gasteiger partial charge in [-0.05, 0) is 44.6 Å². The highest BCUT2D eigenvalue weighted by Crippen LogP contribution is 2.35. The maximum absolute atomic E-state index is 12.5. The molecule has 1 aliphatic rings. The van der Waals surface area contributed by atoms with E-state index >= 15 is 0 Å². The number of thiophene rings is 1. The van der Waals surface area contributed by atoms with E-state index in [0.717, 1.165) is 29.5 Å². The zero-order valence-electron chi connectivity index (χ0n) is 13.7. The van der Waals surface area contributed by atoms with E-state index in [-0.39, 0.29) is 11.6 Å². The number of aromatic amines is 1. The zero-order chi connectivity index (χ0) is 16.6. The van der Waals surface area contributed by atoms with Crippen molar-refractivity contribution in [2.24, 2.45) is 16.6 Å². The van der Waals surface area contributed by atoms with Crippen LogP contribution in [0, 0.1) is 5.92 Å². The Bertz CT molecular complexity index is 806. The van der Waals surface area contributed by atoms with Crippen LogP contribution in [-0.4, -0.2) is 21.2 Å². The van der Waals surface area contributed by atoms with Gasteiger partial charge in [0.1, 0.15) is 10.7 Å². The molecule has 7 heteroatoms. The van der Waals surface area contributed by atoms with Crippen molar-refractivity contribution in [2.75, 3.05) is 0 Å². The van der Waals surface area contributed by atoms with Gasteiger partial charge in [-0.2, -0.15) is 0 Å². The molecule has 0 aromatic carbocycles. The number of nitrogens with two attached hydrogens (primary N) is 1. The molecule has 0 unspecified atom stereocenters. The Balaban J connectivity index is 1.89. The van der Waals surface area contributed by atoms with Crippen molar-refractivity contribution in [1.29, 1.82) is 0 Å². The largest absolute Gasteiger partial charge is 0.379 e. The number of nitrogens with zero attached hydrogens (tertiary/aromatic N) is 2. The van der Waals surface area contributed by atoms with Crippen molar-refractivity contribution in [3.05, 3.63) is 26.6 Å². The second-order valence-electron chi connectivity index (χ2n) is 6.39. The molecule has 0 radical (unpaired) electrons. The fourth-order valence-electron chi connectivity index (χ4n) is 2.90. The van der Waals surface area contributed by atoms with E-state index in [1.807, 2.05) is 13.8 Å². The smallest absolute Gasteiger partial charge is 0.259 e. The summed E-state index contributed by atoms with van der Waals surface area (Å²) in [5.41, 5.74) is 7.07. The second-order valence-corrected chi connectivity index (χ2v) is 8.47. The van der Waals surface area contributed by atoms with E-state index in [0.29, 0.717) is 22.7 Å². The Labute approximate surface area is 143 Å². The lowest BCUT2D eigenvalue weighted by atomic mass is 9.89. The maximum atomic E-state index is 12.5. The van der Waals surface area contributed by atoms with Crippen LogP contribution in [0.25, 0.3) is 10.2 Å². The first-order valence-corrected chi connectivity index (χ1v) is 9.73. The number of hydrogen-bond donors (Lipinski definition) is 2. The van der Waals surface area contributed by atoms with Crippen LogP contribution in [0.1, 0.15) is 43.5 Å². The maximum Gasteiger partial charge on any atom is 0.259 e. The third-order valence-corrected chi connectivity index (χ3v) is 5.92. The third kappa shape index (κ3) is 3.61. The summed E-state index contributed by atoms with van der Waals surface area (Å²) in [6.07, 6.45) is 3.20. The predicted octanol–water partition coefficient (Wildman–Crippen LogP) is 3.07. The molecule has 3 N–H and O–H groups in total. The van der Waals surface area contributed by atoms with Gasteiger partial charge in [0.15, 0.2) is 5.17 Å². The first kappa shape index (κ1) is 16.5. The molecular formula is C16H22N4OS2. The van der Waals surface area contributed by atoms with Gasteiger partial charge < -0.3 is 10.7 Å². The Morgan fingerprint density at radius 3 is 3.09 bits per heavy atom. The quantitative estimate of drug-likeness (QED) is 0.658. The van der Waals surface area contributed by atoms with E-state index in [1.165, 1.54) is 22.2 Å². The molecule has 2 aromatic rings. The lowest BCUT2D eigenvalue weighted by molar-refractivity contribution is 0.509. The van der Waals surface area contributed by atoms with Crippen molar-refractivity contribution < 1.29 is 0 Å². The molecule has 124 valence electrons. The monoisotopic (exact) mass is 350 g/mol. The van der Waals surface area contributed by atoms with Crippen molar-refractivity contribution in [3.63, 3.8) is 0 Å². The lowest BCUT2D eigenvalue weighted by Crippen LogP contribution is -2.15. The number of thioether (sulfide) groups is 1. The molecule has 5 nitrogen and oxygen atoms in total. The molecule has 0 fully saturated rings. The van der Waals surface area contributed by atoms with Crippen LogP contribution in [0.2, 0.25) is 0 Å². The number of fused-ring (bicyclic) bond motifs is 3. The summed E-state index contributed by atoms with van der Waals surface area (Å²) < 4.78 is 0. The lowest BCUT2D eigenvalue weighted by Gasteiger charge is -2.17. The van der Waals surface area contributed by atoms with Gasteiger partial charge in [-0.3, -0.25) is 9.79 Å². The molecule has 2 heterocycles. The molecular weight excluding hydrogens is 328 g/mol. The van der Waals surface area contributed by atoms with Crippen LogP contribution < -0.4 is 11.3 Å². The molecule has 0 saturated heterocycles. The van der Waals surface area contributed by atoms with Crippen LogP contribution in [0.5, 0.6) is 0 Å². The van der Waals surface area contributed by atoms with Crippen molar-refractivity contribution in [2.45, 2.75) is 51.8 Å². The summed E-state index contributed by atoms with van der Waals surface area (Å²) in [7, 11) is 0. The molecule has 1 aliphatic carbocycles. The van der Waals surface area contributed by atoms with Crippen LogP contribution in [0.15, 0.2) is 9.79 Å². The van der Waals surface area contributed by atoms with Crippen LogP contribution in [0.4, 0.5) is 0 Å². The van der Waals surface area contributed by atoms with Gasteiger partial charge >= 0.3 is 0 Å². The molecule has 23 heavy (non-hydrogen) atoms. The summed E-state index contributed by atoms with van der Waals surface area (Å²) in [5, 5.41) is 1.33. The number of H-pyrrole nitrogens is 1. The third-order valence-electron chi connectivity index (χ3n) is 3.96. The highest BCUT2D eigenvalue weighted by atomic mass is 32.2. The molecule has 0 bridgehead atoms. The number of nitrogens with one attached hydrogen (secondary N) is 1. The number of hydrogen-bond acceptors (Lipinski definition) is 5. The van der Waals surface area contributed by atoms with E-state index in [4.69, 9.17) is 5.73 Å². The molecule has 2 aromatic heterocycles. The normalized spacial score (nSPS) is 18.6. The molecule has 0 spiro atoms. The molecule has 3 rings (SSSR count). The number of aryl methyl sites for hydroxylation is 1. The average Bonchev–Trinajstić information content (AvgIpc) is 2.82. The van der Waals surface area contributed by atoms with Crippen LogP contribution in [-0.2, 0) is 18.6 Å². The summed E-state index contributed by atoms with van der Waals surface area (Å²) in [4.78, 5) is 26.5. The van der Waals surface area contributed by atoms with Gasteiger partial charge in [-0.15, -0.1) is 11.3 Å². The average molecular weight is 351 g/mol. The van der Waals surface area contributed by atoms with Gasteiger partial charge in [-0.1, -0.05) is 18.7 Å². The molecule has 0 amide bonds. The first-order valence-electron chi connectivity index (χ1n) is 7.93. The number of aromatic nitrogens is 2. The van der Waals surface area contributed by atoms with E-state index in [9.17, 15) is 4.79 Å². The van der Waals surface area contributed by atoms with Crippen molar-refractivity contribution >= 4 is 38.5 Å².